The van der Waals surface area contributed by atoms with E-state index in [0.717, 1.165) is 0 Å². The van der Waals surface area contributed by atoms with Crippen LogP contribution < -0.4 is 5.32 Å². The monoisotopic (exact) mass is 985 g/mol. The first-order valence-electron chi connectivity index (χ1n) is 21.6. The molecule has 1 saturated carbocycles. The van der Waals surface area contributed by atoms with Gasteiger partial charge in [0.25, 0.3) is 0 Å². The van der Waals surface area contributed by atoms with Crippen LogP contribution in [0.2, 0.25) is 0 Å². The lowest BCUT2D eigenvalue weighted by atomic mass is 9.79. The van der Waals surface area contributed by atoms with Crippen molar-refractivity contribution in [3.63, 3.8) is 0 Å². The summed E-state index contributed by atoms with van der Waals surface area (Å²) < 4.78 is 55.7. The molecule has 390 valence electrons. The minimum absolute atomic E-state index is 0.703. The Hall–Kier alpha value is -1.20. The first-order chi connectivity index (χ1) is 31.7. The highest BCUT2D eigenvalue weighted by atomic mass is 16.8. The number of aliphatic hydroxyl groups is 19. The average molecular weight is 986 g/mol. The molecule has 31 atom stereocenters. The predicted octanol–water partition coefficient (Wildman–Crippen LogP) is -13.7. The van der Waals surface area contributed by atoms with E-state index in [1.54, 1.807) is 0 Å². The lowest BCUT2D eigenvalue weighted by molar-refractivity contribution is -0.391. The van der Waals surface area contributed by atoms with Gasteiger partial charge in [-0.15, -0.1) is 0 Å². The second kappa shape index (κ2) is 21.5. The molecule has 0 spiro atoms. The largest absolute Gasteiger partial charge is 0.394 e. The first-order valence-corrected chi connectivity index (χ1v) is 21.6. The van der Waals surface area contributed by atoms with Gasteiger partial charge in [-0.1, -0.05) is 0 Å². The van der Waals surface area contributed by atoms with Crippen LogP contribution in [0, 0.1) is 0 Å². The summed E-state index contributed by atoms with van der Waals surface area (Å²) in [7, 11) is 0. The van der Waals surface area contributed by atoms with Crippen molar-refractivity contribution in [2.45, 2.75) is 196 Å². The van der Waals surface area contributed by atoms with Gasteiger partial charge in [-0.25, -0.2) is 0 Å². The second-order valence-electron chi connectivity index (χ2n) is 17.7. The van der Waals surface area contributed by atoms with Crippen molar-refractivity contribution in [3.05, 3.63) is 0 Å². The highest BCUT2D eigenvalue weighted by molar-refractivity contribution is 5.22. The lowest BCUT2D eigenvalue weighted by Crippen LogP contribution is -2.70. The van der Waals surface area contributed by atoms with Crippen LogP contribution >= 0.6 is 0 Å². The zero-order valence-electron chi connectivity index (χ0n) is 35.4. The molecular weight excluding hydrogens is 922 g/mol. The van der Waals surface area contributed by atoms with Gasteiger partial charge in [0.05, 0.1) is 51.2 Å². The summed E-state index contributed by atoms with van der Waals surface area (Å²) in [6, 6.07) is -2.37. The van der Waals surface area contributed by atoms with Crippen LogP contribution in [0.5, 0.6) is 0 Å². The lowest BCUT2D eigenvalue weighted by Gasteiger charge is -2.49. The van der Waals surface area contributed by atoms with E-state index in [9.17, 15) is 97.0 Å². The molecule has 7 rings (SSSR count). The molecule has 0 aromatic rings. The van der Waals surface area contributed by atoms with E-state index in [4.69, 9.17) is 47.4 Å². The van der Waals surface area contributed by atoms with Crippen LogP contribution in [0.15, 0.2) is 0 Å². The molecular formula is C37H63NO29. The minimum atomic E-state index is -2.14. The molecule has 6 aliphatic heterocycles. The molecule has 6 saturated heterocycles. The van der Waals surface area contributed by atoms with Gasteiger partial charge in [-0.05, 0) is 6.92 Å². The Labute approximate surface area is 379 Å². The molecule has 67 heavy (non-hydrogen) atoms. The van der Waals surface area contributed by atoms with Crippen LogP contribution in [0.3, 0.4) is 0 Å². The Morgan fingerprint density at radius 3 is 1.13 bits per heavy atom. The molecule has 0 radical (unpaired) electrons. The van der Waals surface area contributed by atoms with Crippen LogP contribution in [-0.2, 0) is 47.4 Å². The van der Waals surface area contributed by atoms with E-state index >= 15 is 0 Å². The highest BCUT2D eigenvalue weighted by Gasteiger charge is 2.72. The van der Waals surface area contributed by atoms with E-state index in [2.05, 4.69) is 5.32 Å². The summed E-state index contributed by atoms with van der Waals surface area (Å²) >= 11 is 0. The summed E-state index contributed by atoms with van der Waals surface area (Å²) in [6.07, 6.45) is -50.0. The predicted molar refractivity (Wildman–Crippen MR) is 203 cm³/mol. The Bertz CT molecular complexity index is 1590. The summed E-state index contributed by atoms with van der Waals surface area (Å²) in [6.45, 7) is -3.04. The third-order valence-corrected chi connectivity index (χ3v) is 13.6. The molecule has 20 N–H and O–H groups in total. The van der Waals surface area contributed by atoms with Crippen LogP contribution in [0.4, 0.5) is 0 Å². The highest BCUT2D eigenvalue weighted by Crippen LogP contribution is 2.48. The smallest absolute Gasteiger partial charge is 0.187 e. The van der Waals surface area contributed by atoms with Gasteiger partial charge in [0.1, 0.15) is 140 Å². The number of epoxide rings is 1. The van der Waals surface area contributed by atoms with Crippen molar-refractivity contribution >= 4 is 0 Å². The maximum atomic E-state index is 11.2. The number of ether oxygens (including phenoxy) is 10. The second-order valence-corrected chi connectivity index (χ2v) is 17.7. The van der Waals surface area contributed by atoms with E-state index in [1.807, 2.05) is 0 Å². The molecule has 30 nitrogen and oxygen atoms in total. The minimum Gasteiger partial charge on any atom is -0.394 e. The molecule has 30 heteroatoms. The maximum Gasteiger partial charge on any atom is 0.187 e. The van der Waals surface area contributed by atoms with E-state index < -0.39 is 223 Å². The fraction of sp³-hybridized carbons (Fsp3) is 1.00. The zero-order valence-corrected chi connectivity index (χ0v) is 35.4. The molecule has 0 aromatic heterocycles. The number of rotatable bonds is 15. The van der Waals surface area contributed by atoms with Gasteiger partial charge in [-0.2, -0.15) is 0 Å². The third-order valence-electron chi connectivity index (χ3n) is 13.6. The van der Waals surface area contributed by atoms with Crippen LogP contribution in [-0.4, -0.2) is 320 Å². The van der Waals surface area contributed by atoms with Gasteiger partial charge in [0.15, 0.2) is 31.5 Å². The number of hydrogen-bond acceptors (Lipinski definition) is 30. The number of aliphatic hydroxyl groups excluding tert-OH is 19. The Morgan fingerprint density at radius 2 is 0.746 bits per heavy atom. The molecule has 7 aliphatic rings. The average Bonchev–Trinajstić information content (AvgIpc) is 4.07. The van der Waals surface area contributed by atoms with Crippen molar-refractivity contribution in [3.8, 4) is 0 Å². The molecule has 6 heterocycles. The molecule has 0 aromatic carbocycles. The number of nitrogens with one attached hydrogen (secondary N) is 1. The van der Waals surface area contributed by atoms with Crippen molar-refractivity contribution in [2.24, 2.45) is 0 Å². The molecule has 0 bridgehead atoms. The quantitative estimate of drug-likeness (QED) is 0.0678. The fourth-order valence-corrected chi connectivity index (χ4v) is 9.54. The van der Waals surface area contributed by atoms with E-state index in [0.29, 0.717) is 0 Å². The fourth-order valence-electron chi connectivity index (χ4n) is 9.54. The zero-order chi connectivity index (χ0) is 49.1. The van der Waals surface area contributed by atoms with Gasteiger partial charge in [-0.3, -0.25) is 0 Å². The van der Waals surface area contributed by atoms with E-state index in [-0.39, 0.29) is 0 Å². The third kappa shape index (κ3) is 9.88. The summed E-state index contributed by atoms with van der Waals surface area (Å²) in [5, 5.41) is 204. The molecule has 31 unspecified atom stereocenters. The van der Waals surface area contributed by atoms with Crippen LogP contribution in [0.25, 0.3) is 0 Å². The molecule has 7 fully saturated rings. The Morgan fingerprint density at radius 1 is 0.403 bits per heavy atom. The van der Waals surface area contributed by atoms with Gasteiger partial charge in [0.2, 0.25) is 0 Å². The SMILES string of the molecule is CC1OC(OC2C(CO)OC(OC3C(CO)OC(OC4C(CO)OC(OC5C(CO)OC(O)C(O)C5O)C(O)C4O)C(O)C3O)C(O)C2O)C(O)C(O)C1NC1C(O)C(O)C(O)C2(CO)OC12. The Kier molecular flexibility index (Phi) is 17.2. The van der Waals surface area contributed by atoms with Crippen molar-refractivity contribution < 1.29 is 144 Å². The van der Waals surface area contributed by atoms with Crippen molar-refractivity contribution in [2.75, 3.05) is 33.0 Å². The maximum absolute atomic E-state index is 11.2. The topological polar surface area (TPSA) is 492 Å². The summed E-state index contributed by atoms with van der Waals surface area (Å²) in [4.78, 5) is 0. The normalized spacial score (nSPS) is 56.1. The van der Waals surface area contributed by atoms with Crippen molar-refractivity contribution in [1.29, 1.82) is 0 Å². The molecule has 0 amide bonds. The first kappa shape index (κ1) is 53.6. The van der Waals surface area contributed by atoms with Crippen molar-refractivity contribution in [1.82, 2.24) is 5.32 Å². The summed E-state index contributed by atoms with van der Waals surface area (Å²) in [5.74, 6) is 0. The van der Waals surface area contributed by atoms with Gasteiger partial charge >= 0.3 is 0 Å². The number of hydrogen-bond donors (Lipinski definition) is 20. The van der Waals surface area contributed by atoms with Gasteiger partial charge in [0, 0.05) is 0 Å². The standard InChI is InChI=1S/C37H63NO29/c1-7-12(38-13-15(45)20(50)30(56)37(6-43)31(13)67-37)14(44)22(52)33(58-7)63-27-9(3-40)60-35(23(53)17(27)47)65-29-11(5-42)62-36(25(55)19(29)49)66-28-10(4-41)61-34(24(54)18(28)48)64-26-8(2-39)59-32(57)21(51)16(26)46/h7-36,38-57H,2-6H2,1H3. The summed E-state index contributed by atoms with van der Waals surface area (Å²) in [5.41, 5.74) is -1.58. The molecule has 1 aliphatic carbocycles. The Balaban J connectivity index is 0.953. The number of fused-ring (bicyclic) bond motifs is 1. The van der Waals surface area contributed by atoms with Gasteiger partial charge < -0.3 is 150 Å². The van der Waals surface area contributed by atoms with E-state index in [1.165, 1.54) is 6.92 Å². The van der Waals surface area contributed by atoms with Crippen LogP contribution in [0.1, 0.15) is 6.92 Å².